The zero-order valence-corrected chi connectivity index (χ0v) is 19.5. The number of rotatable bonds is 5. The van der Waals surface area contributed by atoms with Gasteiger partial charge < -0.3 is 9.47 Å². The molecule has 0 bridgehead atoms. The van der Waals surface area contributed by atoms with E-state index < -0.39 is 35.8 Å². The van der Waals surface area contributed by atoms with Crippen LogP contribution in [0.15, 0.2) is 30.3 Å². The minimum Gasteiger partial charge on any atom is -0.444 e. The number of hydrogen-bond acceptors (Lipinski definition) is 6. The third-order valence-electron chi connectivity index (χ3n) is 4.95. The van der Waals surface area contributed by atoms with Gasteiger partial charge in [-0.3, -0.25) is 14.6 Å². The number of carbonyl (C=O) groups excluding carboxylic acids is 4. The van der Waals surface area contributed by atoms with E-state index in [-0.39, 0.29) is 19.7 Å². The number of urea groups is 1. The molecule has 1 heterocycles. The van der Waals surface area contributed by atoms with E-state index in [1.54, 1.807) is 46.8 Å². The lowest BCUT2D eigenvalue weighted by atomic mass is 10.2. The van der Waals surface area contributed by atoms with E-state index in [1.165, 1.54) is 4.90 Å². The van der Waals surface area contributed by atoms with Crippen molar-refractivity contribution < 1.29 is 28.7 Å². The Balaban J connectivity index is 2.09. The van der Waals surface area contributed by atoms with Crippen molar-refractivity contribution in [2.45, 2.75) is 65.7 Å². The number of benzene rings is 1. The number of carbonyl (C=O) groups is 4. The Morgan fingerprint density at radius 2 is 1.66 bits per heavy atom. The Kier molecular flexibility index (Phi) is 8.63. The van der Waals surface area contributed by atoms with Crippen LogP contribution in [0.3, 0.4) is 0 Å². The quantitative estimate of drug-likeness (QED) is 0.677. The molecule has 1 aromatic rings. The Bertz CT molecular complexity index is 821. The van der Waals surface area contributed by atoms with E-state index in [0.717, 1.165) is 15.4 Å². The van der Waals surface area contributed by atoms with E-state index in [1.807, 2.05) is 18.2 Å². The average molecular weight is 448 g/mol. The fraction of sp³-hybridized carbons (Fsp3) is 0.565. The monoisotopic (exact) mass is 447 g/mol. The summed E-state index contributed by atoms with van der Waals surface area (Å²) in [6, 6.07) is 7.52. The van der Waals surface area contributed by atoms with Crippen molar-refractivity contribution >= 4 is 24.1 Å². The molecule has 32 heavy (non-hydrogen) atoms. The topological polar surface area (TPSA) is 96.5 Å². The lowest BCUT2D eigenvalue weighted by Crippen LogP contribution is -2.54. The van der Waals surface area contributed by atoms with Gasteiger partial charge in [0.05, 0.1) is 0 Å². The normalized spacial score (nSPS) is 15.8. The van der Waals surface area contributed by atoms with Crippen LogP contribution in [0.4, 0.5) is 14.4 Å². The number of ether oxygens (including phenoxy) is 2. The molecule has 0 aliphatic carbocycles. The van der Waals surface area contributed by atoms with Gasteiger partial charge in [-0.05, 0) is 53.0 Å². The molecule has 1 aliphatic heterocycles. The number of nitrogens with zero attached hydrogens (tertiary/aromatic N) is 3. The third kappa shape index (κ3) is 6.45. The lowest BCUT2D eigenvalue weighted by Gasteiger charge is -2.32. The highest BCUT2D eigenvalue weighted by Crippen LogP contribution is 2.23. The van der Waals surface area contributed by atoms with Gasteiger partial charge in [-0.1, -0.05) is 30.3 Å². The molecule has 0 radical (unpaired) electrons. The van der Waals surface area contributed by atoms with Gasteiger partial charge in [0.25, 0.3) is 5.91 Å². The van der Waals surface area contributed by atoms with Crippen LogP contribution in [0.5, 0.6) is 0 Å². The first-order valence-electron chi connectivity index (χ1n) is 10.9. The summed E-state index contributed by atoms with van der Waals surface area (Å²) in [5, 5.41) is 0. The summed E-state index contributed by atoms with van der Waals surface area (Å²) in [5.74, 6) is -0.532. The van der Waals surface area contributed by atoms with Crippen molar-refractivity contribution in [3.05, 3.63) is 35.9 Å². The molecule has 9 heteroatoms. The first-order chi connectivity index (χ1) is 15.1. The van der Waals surface area contributed by atoms with Crippen LogP contribution in [0, 0.1) is 0 Å². The van der Waals surface area contributed by atoms with Crippen LogP contribution in [-0.4, -0.2) is 70.1 Å². The number of amides is 5. The maximum absolute atomic E-state index is 13.2. The zero-order valence-electron chi connectivity index (χ0n) is 19.5. The first kappa shape index (κ1) is 25.2. The molecule has 1 saturated heterocycles. The Hall–Kier alpha value is -3.10. The van der Waals surface area contributed by atoms with Crippen LogP contribution < -0.4 is 0 Å². The molecule has 1 aliphatic rings. The molecule has 0 spiro atoms. The molecular weight excluding hydrogens is 414 g/mol. The van der Waals surface area contributed by atoms with Gasteiger partial charge >= 0.3 is 18.2 Å². The van der Waals surface area contributed by atoms with Gasteiger partial charge in [-0.25, -0.2) is 19.3 Å². The summed E-state index contributed by atoms with van der Waals surface area (Å²) in [6.45, 7) is 9.00. The molecule has 2 rings (SSSR count). The van der Waals surface area contributed by atoms with E-state index in [9.17, 15) is 19.2 Å². The first-order valence-corrected chi connectivity index (χ1v) is 10.9. The fourth-order valence-electron chi connectivity index (χ4n) is 3.41. The van der Waals surface area contributed by atoms with Gasteiger partial charge in [0.15, 0.2) is 0 Å². The molecule has 1 unspecified atom stereocenters. The second-order valence-electron chi connectivity index (χ2n) is 8.48. The Morgan fingerprint density at radius 3 is 2.22 bits per heavy atom. The van der Waals surface area contributed by atoms with E-state index >= 15 is 0 Å². The Morgan fingerprint density at radius 1 is 1.03 bits per heavy atom. The average Bonchev–Trinajstić information content (AvgIpc) is 3.23. The smallest absolute Gasteiger partial charge is 0.418 e. The predicted molar refractivity (Wildman–Crippen MR) is 118 cm³/mol. The zero-order chi connectivity index (χ0) is 23.9. The molecule has 1 atom stereocenters. The van der Waals surface area contributed by atoms with Crippen LogP contribution >= 0.6 is 0 Å². The van der Waals surface area contributed by atoms with Gasteiger partial charge in [0.2, 0.25) is 0 Å². The van der Waals surface area contributed by atoms with Crippen LogP contribution in [0.2, 0.25) is 0 Å². The van der Waals surface area contributed by atoms with Crippen molar-refractivity contribution in [1.82, 2.24) is 14.7 Å². The largest absolute Gasteiger partial charge is 0.444 e. The minimum atomic E-state index is -0.831. The van der Waals surface area contributed by atoms with Crippen molar-refractivity contribution in [3.8, 4) is 0 Å². The maximum atomic E-state index is 13.2. The van der Waals surface area contributed by atoms with Gasteiger partial charge in [0, 0.05) is 19.6 Å². The molecule has 0 N–H and O–H groups in total. The van der Waals surface area contributed by atoms with Crippen molar-refractivity contribution in [2.24, 2.45) is 0 Å². The summed E-state index contributed by atoms with van der Waals surface area (Å²) in [5.41, 5.74) is 0.0847. The number of hydrogen-bond donors (Lipinski definition) is 0. The van der Waals surface area contributed by atoms with Crippen LogP contribution in [0.25, 0.3) is 0 Å². The molecule has 1 fully saturated rings. The number of likely N-dealkylation sites (N-methyl/N-ethyl adjacent to an activating group) is 1. The second-order valence-corrected chi connectivity index (χ2v) is 8.48. The molecule has 5 amide bonds. The fourth-order valence-corrected chi connectivity index (χ4v) is 3.41. The second kappa shape index (κ2) is 11.0. The van der Waals surface area contributed by atoms with Crippen molar-refractivity contribution in [1.29, 1.82) is 0 Å². The molecule has 0 saturated carbocycles. The third-order valence-corrected chi connectivity index (χ3v) is 4.95. The molecule has 0 aromatic heterocycles. The summed E-state index contributed by atoms with van der Waals surface area (Å²) in [7, 11) is 0. The maximum Gasteiger partial charge on any atom is 0.418 e. The summed E-state index contributed by atoms with van der Waals surface area (Å²) < 4.78 is 10.7. The lowest BCUT2D eigenvalue weighted by molar-refractivity contribution is -0.133. The van der Waals surface area contributed by atoms with E-state index in [2.05, 4.69) is 0 Å². The highest BCUT2D eigenvalue weighted by atomic mass is 16.6. The van der Waals surface area contributed by atoms with Crippen LogP contribution in [-0.2, 0) is 20.9 Å². The standard InChI is InChI=1S/C23H33N3O6/c1-6-24(19(27)18-14-11-15-26(18)22(30)32-23(3,4)5)20(28)25(7-2)21(29)31-16-17-12-9-8-10-13-17/h8-10,12-13,18H,6-7,11,14-16H2,1-5H3. The molecular formula is C23H33N3O6. The number of likely N-dealkylation sites (tertiary alicyclic amines) is 1. The summed E-state index contributed by atoms with van der Waals surface area (Å²) >= 11 is 0. The summed E-state index contributed by atoms with van der Waals surface area (Å²) in [6.07, 6.45) is -0.376. The molecule has 9 nitrogen and oxygen atoms in total. The van der Waals surface area contributed by atoms with Gasteiger partial charge in [0.1, 0.15) is 18.2 Å². The van der Waals surface area contributed by atoms with Crippen molar-refractivity contribution in [3.63, 3.8) is 0 Å². The van der Waals surface area contributed by atoms with Crippen LogP contribution in [0.1, 0.15) is 53.0 Å². The predicted octanol–water partition coefficient (Wildman–Crippen LogP) is 4.01. The molecule has 176 valence electrons. The number of imide groups is 2. The van der Waals surface area contributed by atoms with Crippen molar-refractivity contribution in [2.75, 3.05) is 19.6 Å². The summed E-state index contributed by atoms with van der Waals surface area (Å²) in [4.78, 5) is 54.6. The van der Waals surface area contributed by atoms with Gasteiger partial charge in [-0.15, -0.1) is 0 Å². The van der Waals surface area contributed by atoms with Gasteiger partial charge in [-0.2, -0.15) is 0 Å². The minimum absolute atomic E-state index is 0.0125. The SMILES string of the molecule is CCN(C(=O)OCc1ccccc1)C(=O)N(CC)C(=O)C1CCCN1C(=O)OC(C)(C)C. The highest BCUT2D eigenvalue weighted by Gasteiger charge is 2.41. The van der Waals surface area contributed by atoms with E-state index in [0.29, 0.717) is 19.4 Å². The van der Waals surface area contributed by atoms with E-state index in [4.69, 9.17) is 9.47 Å². The molecule has 1 aromatic carbocycles. The highest BCUT2D eigenvalue weighted by molar-refractivity contribution is 6.02. The Labute approximate surface area is 189 Å².